The number of carbonyl (C=O) groups excluding carboxylic acids is 2. The lowest BCUT2D eigenvalue weighted by Crippen LogP contribution is -2.23. The van der Waals surface area contributed by atoms with Crippen molar-refractivity contribution >= 4 is 50.8 Å². The van der Waals surface area contributed by atoms with E-state index < -0.39 is 0 Å². The number of aromatic nitrogens is 2. The molecule has 0 aliphatic heterocycles. The van der Waals surface area contributed by atoms with E-state index in [-0.39, 0.29) is 23.1 Å². The van der Waals surface area contributed by atoms with E-state index >= 15 is 0 Å². The van der Waals surface area contributed by atoms with Crippen LogP contribution in [0.4, 0.5) is 5.69 Å². The van der Waals surface area contributed by atoms with E-state index in [9.17, 15) is 14.4 Å². The van der Waals surface area contributed by atoms with Crippen LogP contribution in [0.5, 0.6) is 0 Å². The number of rotatable bonds is 6. The Kier molecular flexibility index (Phi) is 6.15. The maximum atomic E-state index is 12.5. The van der Waals surface area contributed by atoms with Gasteiger partial charge in [-0.2, -0.15) is 0 Å². The van der Waals surface area contributed by atoms with E-state index in [1.807, 2.05) is 18.4 Å². The molecule has 9 heteroatoms. The van der Waals surface area contributed by atoms with Crippen molar-refractivity contribution in [3.63, 3.8) is 0 Å². The monoisotopic (exact) mass is 416 g/mol. The molecule has 0 spiro atoms. The van der Waals surface area contributed by atoms with Gasteiger partial charge in [-0.15, -0.1) is 11.3 Å². The molecule has 0 radical (unpaired) electrons. The molecule has 0 saturated heterocycles. The number of thioether (sulfide) groups is 1. The fourth-order valence-electron chi connectivity index (χ4n) is 2.59. The Morgan fingerprint density at radius 3 is 2.57 bits per heavy atom. The Hall–Kier alpha value is -2.65. The SMILES string of the molecule is CCn1c(SCC(=O)Nc2ccc(C(=O)N(C)C)cc2)nc2ccsc2c1=O. The molecule has 2 heterocycles. The zero-order valence-electron chi connectivity index (χ0n) is 15.8. The number of hydrogen-bond donors (Lipinski definition) is 1. The smallest absolute Gasteiger partial charge is 0.272 e. The molecule has 0 saturated carbocycles. The Labute approximate surface area is 170 Å². The zero-order valence-corrected chi connectivity index (χ0v) is 17.4. The van der Waals surface area contributed by atoms with Crippen LogP contribution in [0.1, 0.15) is 17.3 Å². The summed E-state index contributed by atoms with van der Waals surface area (Å²) >= 11 is 2.60. The van der Waals surface area contributed by atoms with Crippen molar-refractivity contribution in [2.45, 2.75) is 18.6 Å². The summed E-state index contributed by atoms with van der Waals surface area (Å²) in [5.74, 6) is -0.180. The number of amides is 2. The molecule has 146 valence electrons. The molecule has 7 nitrogen and oxygen atoms in total. The third kappa shape index (κ3) is 4.26. The maximum absolute atomic E-state index is 12.5. The third-order valence-electron chi connectivity index (χ3n) is 4.00. The summed E-state index contributed by atoms with van der Waals surface area (Å²) in [5.41, 5.74) is 1.74. The van der Waals surface area contributed by atoms with Gasteiger partial charge in [-0.05, 0) is 42.6 Å². The summed E-state index contributed by atoms with van der Waals surface area (Å²) in [6.07, 6.45) is 0. The van der Waals surface area contributed by atoms with Gasteiger partial charge in [0.25, 0.3) is 11.5 Å². The molecule has 3 aromatic rings. The quantitative estimate of drug-likeness (QED) is 0.493. The molecular weight excluding hydrogens is 396 g/mol. The standard InChI is InChI=1S/C19H20N4O3S2/c1-4-23-18(26)16-14(9-10-27-16)21-19(23)28-11-15(24)20-13-7-5-12(6-8-13)17(25)22(2)3/h5-10H,4,11H2,1-3H3,(H,20,24). The lowest BCUT2D eigenvalue weighted by molar-refractivity contribution is -0.113. The van der Waals surface area contributed by atoms with Gasteiger partial charge in [0.15, 0.2) is 5.16 Å². The zero-order chi connectivity index (χ0) is 20.3. The van der Waals surface area contributed by atoms with Gasteiger partial charge in [0, 0.05) is 31.9 Å². The Morgan fingerprint density at radius 1 is 1.21 bits per heavy atom. The number of hydrogen-bond acceptors (Lipinski definition) is 6. The summed E-state index contributed by atoms with van der Waals surface area (Å²) < 4.78 is 2.21. The van der Waals surface area contributed by atoms with Crippen LogP contribution in [0.2, 0.25) is 0 Å². The fourth-order valence-corrected chi connectivity index (χ4v) is 4.24. The summed E-state index contributed by atoms with van der Waals surface area (Å²) in [4.78, 5) is 42.7. The van der Waals surface area contributed by atoms with Crippen LogP contribution >= 0.6 is 23.1 Å². The van der Waals surface area contributed by atoms with Crippen LogP contribution in [-0.2, 0) is 11.3 Å². The predicted molar refractivity (Wildman–Crippen MR) is 113 cm³/mol. The van der Waals surface area contributed by atoms with E-state index in [1.165, 1.54) is 28.0 Å². The van der Waals surface area contributed by atoms with Gasteiger partial charge in [0.05, 0.1) is 11.3 Å². The number of nitrogens with zero attached hydrogens (tertiary/aromatic N) is 3. The van der Waals surface area contributed by atoms with Crippen molar-refractivity contribution in [2.24, 2.45) is 0 Å². The molecule has 1 N–H and O–H groups in total. The average Bonchev–Trinajstić information content (AvgIpc) is 3.15. The third-order valence-corrected chi connectivity index (χ3v) is 5.87. The van der Waals surface area contributed by atoms with Crippen LogP contribution in [0.3, 0.4) is 0 Å². The summed E-state index contributed by atoms with van der Waals surface area (Å²) in [6, 6.07) is 8.54. The minimum Gasteiger partial charge on any atom is -0.345 e. The highest BCUT2D eigenvalue weighted by molar-refractivity contribution is 7.99. The van der Waals surface area contributed by atoms with Gasteiger partial charge in [-0.25, -0.2) is 4.98 Å². The van der Waals surface area contributed by atoms with E-state index in [1.54, 1.807) is 42.9 Å². The molecule has 2 amide bonds. The first kappa shape index (κ1) is 20.1. The minimum atomic E-state index is -0.209. The number of fused-ring (bicyclic) bond motifs is 1. The Balaban J connectivity index is 1.67. The van der Waals surface area contributed by atoms with Gasteiger partial charge >= 0.3 is 0 Å². The van der Waals surface area contributed by atoms with Crippen LogP contribution in [0.15, 0.2) is 45.7 Å². The molecule has 28 heavy (non-hydrogen) atoms. The number of anilines is 1. The fraction of sp³-hybridized carbons (Fsp3) is 0.263. The molecule has 0 aliphatic rings. The van der Waals surface area contributed by atoms with Crippen molar-refractivity contribution in [2.75, 3.05) is 25.2 Å². The first-order valence-corrected chi connectivity index (χ1v) is 10.5. The van der Waals surface area contributed by atoms with Crippen LogP contribution in [0, 0.1) is 0 Å². The number of thiophene rings is 1. The molecule has 0 fully saturated rings. The number of benzene rings is 1. The first-order chi connectivity index (χ1) is 13.4. The second-order valence-electron chi connectivity index (χ2n) is 6.19. The van der Waals surface area contributed by atoms with E-state index in [2.05, 4.69) is 10.3 Å². The summed E-state index contributed by atoms with van der Waals surface area (Å²) in [5, 5.41) is 5.16. The molecule has 0 aliphatic carbocycles. The second kappa shape index (κ2) is 8.57. The summed E-state index contributed by atoms with van der Waals surface area (Å²) in [7, 11) is 3.37. The molecule has 2 aromatic heterocycles. The van der Waals surface area contributed by atoms with Crippen LogP contribution in [-0.4, -0.2) is 46.1 Å². The van der Waals surface area contributed by atoms with Crippen molar-refractivity contribution in [1.29, 1.82) is 0 Å². The highest BCUT2D eigenvalue weighted by Crippen LogP contribution is 2.21. The van der Waals surface area contributed by atoms with Gasteiger partial charge in [0.2, 0.25) is 5.91 Å². The molecule has 0 atom stereocenters. The van der Waals surface area contributed by atoms with E-state index in [0.717, 1.165) is 0 Å². The van der Waals surface area contributed by atoms with E-state index in [0.29, 0.717) is 33.2 Å². The topological polar surface area (TPSA) is 84.3 Å². The molecule has 3 rings (SSSR count). The molecule has 1 aromatic carbocycles. The number of nitrogens with one attached hydrogen (secondary N) is 1. The van der Waals surface area contributed by atoms with Crippen molar-refractivity contribution in [3.05, 3.63) is 51.6 Å². The second-order valence-corrected chi connectivity index (χ2v) is 8.05. The van der Waals surface area contributed by atoms with Crippen LogP contribution in [0.25, 0.3) is 10.2 Å². The van der Waals surface area contributed by atoms with Gasteiger partial charge in [0.1, 0.15) is 4.70 Å². The highest BCUT2D eigenvalue weighted by atomic mass is 32.2. The average molecular weight is 417 g/mol. The van der Waals surface area contributed by atoms with Crippen molar-refractivity contribution in [3.8, 4) is 0 Å². The largest absolute Gasteiger partial charge is 0.345 e. The first-order valence-electron chi connectivity index (χ1n) is 8.63. The molecular formula is C19H20N4O3S2. The lowest BCUT2D eigenvalue weighted by Gasteiger charge is -2.11. The van der Waals surface area contributed by atoms with Crippen LogP contribution < -0.4 is 10.9 Å². The predicted octanol–water partition coefficient (Wildman–Crippen LogP) is 2.91. The molecule has 0 unspecified atom stereocenters. The van der Waals surface area contributed by atoms with Gasteiger partial charge < -0.3 is 10.2 Å². The number of carbonyl (C=O) groups is 2. The molecule has 0 bridgehead atoms. The maximum Gasteiger partial charge on any atom is 0.272 e. The lowest BCUT2D eigenvalue weighted by atomic mass is 10.2. The van der Waals surface area contributed by atoms with Crippen molar-refractivity contribution in [1.82, 2.24) is 14.5 Å². The van der Waals surface area contributed by atoms with E-state index in [4.69, 9.17) is 0 Å². The van der Waals surface area contributed by atoms with Crippen molar-refractivity contribution < 1.29 is 9.59 Å². The highest BCUT2D eigenvalue weighted by Gasteiger charge is 2.13. The normalized spacial score (nSPS) is 10.8. The minimum absolute atomic E-state index is 0.0773. The van der Waals surface area contributed by atoms with Gasteiger partial charge in [-0.3, -0.25) is 19.0 Å². The summed E-state index contributed by atoms with van der Waals surface area (Å²) in [6.45, 7) is 2.37. The Morgan fingerprint density at radius 2 is 1.93 bits per heavy atom. The Bertz CT molecular complexity index is 1070. The van der Waals surface area contributed by atoms with Gasteiger partial charge in [-0.1, -0.05) is 11.8 Å².